The number of aldehydes is 1. The van der Waals surface area contributed by atoms with Crippen LogP contribution in [-0.4, -0.2) is 25.8 Å². The quantitative estimate of drug-likeness (QED) is 0.337. The molecule has 0 fully saturated rings. The molecule has 0 aromatic heterocycles. The minimum atomic E-state index is -0.0370. The number of benzene rings is 1. The Morgan fingerprint density at radius 2 is 1.83 bits per heavy atom. The summed E-state index contributed by atoms with van der Waals surface area (Å²) >= 11 is 0. The lowest BCUT2D eigenvalue weighted by Crippen LogP contribution is -2.11. The molecule has 0 amide bonds. The zero-order chi connectivity index (χ0) is 17.9. The lowest BCUT2D eigenvalue weighted by molar-refractivity contribution is -0.123. The summed E-state index contributed by atoms with van der Waals surface area (Å²) in [4.78, 5) is 10.4. The van der Waals surface area contributed by atoms with E-state index in [1.165, 1.54) is 0 Å². The van der Waals surface area contributed by atoms with E-state index in [0.717, 1.165) is 25.1 Å². The first-order chi connectivity index (χ1) is 11.2. The highest BCUT2D eigenvalue weighted by atomic mass is 16.7. The monoisotopic (exact) mass is 316 g/mol. The van der Waals surface area contributed by atoms with E-state index in [1.54, 1.807) is 12.1 Å². The lowest BCUT2D eigenvalue weighted by atomic mass is 10.1. The van der Waals surface area contributed by atoms with Crippen molar-refractivity contribution in [3.05, 3.63) is 61.2 Å². The molecule has 1 aromatic carbocycles. The number of allylic oxidation sites excluding steroid dienone is 1. The minimum Gasteiger partial charge on any atom is -0.353 e. The molecule has 0 radical (unpaired) electrons. The van der Waals surface area contributed by atoms with E-state index >= 15 is 0 Å². The Kier molecular flexibility index (Phi) is 18.0. The molecular weight excluding hydrogens is 288 g/mol. The number of carbonyl (C=O) groups excluding carboxylic acids is 1. The van der Waals surface area contributed by atoms with Gasteiger partial charge in [0.05, 0.1) is 0 Å². The Hall–Kier alpha value is -2.15. The molecule has 0 bridgehead atoms. The summed E-state index contributed by atoms with van der Waals surface area (Å²) in [6.07, 6.45) is 3.02. The summed E-state index contributed by atoms with van der Waals surface area (Å²) < 4.78 is 10.1. The number of hydrogen-bond acceptors (Lipinski definition) is 3. The van der Waals surface area contributed by atoms with Gasteiger partial charge in [-0.15, -0.1) is 13.2 Å². The van der Waals surface area contributed by atoms with Crippen LogP contribution in [0.2, 0.25) is 0 Å². The molecule has 23 heavy (non-hydrogen) atoms. The summed E-state index contributed by atoms with van der Waals surface area (Å²) in [6.45, 7) is 16.7. The SMILES string of the molecule is C=C.C=CC#CCc1cccc(C=O)c1.CCOC(C)OCC. The Morgan fingerprint density at radius 1 is 1.22 bits per heavy atom. The van der Waals surface area contributed by atoms with E-state index in [2.05, 4.69) is 31.6 Å². The van der Waals surface area contributed by atoms with Crippen molar-refractivity contribution in [2.45, 2.75) is 33.5 Å². The molecule has 0 N–H and O–H groups in total. The highest BCUT2D eigenvalue weighted by molar-refractivity contribution is 5.74. The maximum Gasteiger partial charge on any atom is 0.154 e. The van der Waals surface area contributed by atoms with Gasteiger partial charge in [0.1, 0.15) is 6.29 Å². The summed E-state index contributed by atoms with van der Waals surface area (Å²) in [7, 11) is 0. The molecule has 0 unspecified atom stereocenters. The molecule has 3 nitrogen and oxygen atoms in total. The zero-order valence-corrected chi connectivity index (χ0v) is 14.5. The molecular formula is C20H28O3. The predicted molar refractivity (Wildman–Crippen MR) is 97.5 cm³/mol. The van der Waals surface area contributed by atoms with Crippen molar-refractivity contribution in [3.63, 3.8) is 0 Å². The predicted octanol–water partition coefficient (Wildman–Crippen LogP) is 4.44. The highest BCUT2D eigenvalue weighted by Gasteiger charge is 1.94. The second kappa shape index (κ2) is 17.9. The van der Waals surface area contributed by atoms with Crippen molar-refractivity contribution in [3.8, 4) is 11.8 Å². The number of hydrogen-bond donors (Lipinski definition) is 0. The number of rotatable bonds is 6. The standard InChI is InChI=1S/C12H10O.C6H14O2.C2H4/c1-2-3-4-6-11-7-5-8-12(9-11)10-13;1-4-7-6(3)8-5-2;1-2/h2,5,7-10H,1,6H2;6H,4-5H2,1-3H3;1-2H2. The van der Waals surface area contributed by atoms with Crippen LogP contribution in [0.3, 0.4) is 0 Å². The van der Waals surface area contributed by atoms with E-state index in [4.69, 9.17) is 9.47 Å². The van der Waals surface area contributed by atoms with Crippen molar-refractivity contribution in [2.75, 3.05) is 13.2 Å². The van der Waals surface area contributed by atoms with Crippen LogP contribution < -0.4 is 0 Å². The molecule has 0 spiro atoms. The van der Waals surface area contributed by atoms with Gasteiger partial charge in [0, 0.05) is 25.2 Å². The molecule has 0 saturated heterocycles. The van der Waals surface area contributed by atoms with Crippen LogP contribution in [0.5, 0.6) is 0 Å². The van der Waals surface area contributed by atoms with Gasteiger partial charge in [0.2, 0.25) is 0 Å². The average Bonchev–Trinajstić information content (AvgIpc) is 2.58. The van der Waals surface area contributed by atoms with Crippen LogP contribution in [0.15, 0.2) is 50.1 Å². The second-order valence-corrected chi connectivity index (χ2v) is 4.04. The maximum absolute atomic E-state index is 10.4. The Morgan fingerprint density at radius 3 is 2.30 bits per heavy atom. The van der Waals surface area contributed by atoms with Crippen LogP contribution in [0.1, 0.15) is 36.7 Å². The van der Waals surface area contributed by atoms with Crippen molar-refractivity contribution in [2.24, 2.45) is 0 Å². The fraction of sp³-hybridized carbons (Fsp3) is 0.350. The number of carbonyl (C=O) groups is 1. The maximum atomic E-state index is 10.4. The lowest BCUT2D eigenvalue weighted by Gasteiger charge is -2.09. The molecule has 126 valence electrons. The number of ether oxygens (including phenoxy) is 2. The summed E-state index contributed by atoms with van der Waals surface area (Å²) in [6, 6.07) is 7.42. The van der Waals surface area contributed by atoms with Crippen molar-refractivity contribution >= 4 is 6.29 Å². The molecule has 0 saturated carbocycles. The van der Waals surface area contributed by atoms with Gasteiger partial charge in [-0.05, 0) is 38.5 Å². The molecule has 3 heteroatoms. The summed E-state index contributed by atoms with van der Waals surface area (Å²) in [5, 5.41) is 0. The first-order valence-corrected chi connectivity index (χ1v) is 7.54. The van der Waals surface area contributed by atoms with Gasteiger partial charge in [0.25, 0.3) is 0 Å². The van der Waals surface area contributed by atoms with Gasteiger partial charge < -0.3 is 9.47 Å². The van der Waals surface area contributed by atoms with Gasteiger partial charge in [-0.25, -0.2) is 0 Å². The van der Waals surface area contributed by atoms with Crippen LogP contribution in [0.4, 0.5) is 0 Å². The molecule has 1 rings (SSSR count). The second-order valence-electron chi connectivity index (χ2n) is 4.04. The Labute approximate surface area is 141 Å². The highest BCUT2D eigenvalue weighted by Crippen LogP contribution is 2.03. The van der Waals surface area contributed by atoms with E-state index in [0.29, 0.717) is 12.0 Å². The molecule has 0 aliphatic rings. The van der Waals surface area contributed by atoms with Crippen LogP contribution in [-0.2, 0) is 15.9 Å². The zero-order valence-electron chi connectivity index (χ0n) is 14.5. The summed E-state index contributed by atoms with van der Waals surface area (Å²) in [5.41, 5.74) is 1.75. The molecule has 0 aliphatic carbocycles. The normalized spacial score (nSPS) is 8.52. The topological polar surface area (TPSA) is 35.5 Å². The fourth-order valence-electron chi connectivity index (χ4n) is 1.52. The minimum absolute atomic E-state index is 0.0370. The van der Waals surface area contributed by atoms with E-state index in [-0.39, 0.29) is 6.29 Å². The Balaban J connectivity index is 0. The first kappa shape index (κ1) is 23.1. The van der Waals surface area contributed by atoms with Crippen molar-refractivity contribution in [1.82, 2.24) is 0 Å². The van der Waals surface area contributed by atoms with E-state index < -0.39 is 0 Å². The molecule has 1 aromatic rings. The van der Waals surface area contributed by atoms with Gasteiger partial charge in [-0.2, -0.15) is 0 Å². The van der Waals surface area contributed by atoms with Crippen molar-refractivity contribution < 1.29 is 14.3 Å². The van der Waals surface area contributed by atoms with Crippen LogP contribution in [0.25, 0.3) is 0 Å². The van der Waals surface area contributed by atoms with Gasteiger partial charge in [0.15, 0.2) is 6.29 Å². The van der Waals surface area contributed by atoms with Crippen LogP contribution >= 0.6 is 0 Å². The van der Waals surface area contributed by atoms with E-state index in [1.807, 2.05) is 39.0 Å². The van der Waals surface area contributed by atoms with Gasteiger partial charge >= 0.3 is 0 Å². The first-order valence-electron chi connectivity index (χ1n) is 7.54. The van der Waals surface area contributed by atoms with Gasteiger partial charge in [-0.3, -0.25) is 4.79 Å². The smallest absolute Gasteiger partial charge is 0.154 e. The van der Waals surface area contributed by atoms with Gasteiger partial charge in [-0.1, -0.05) is 36.6 Å². The third-order valence-electron chi connectivity index (χ3n) is 2.39. The third kappa shape index (κ3) is 14.5. The largest absolute Gasteiger partial charge is 0.353 e. The molecule has 0 aliphatic heterocycles. The molecule has 0 heterocycles. The third-order valence-corrected chi connectivity index (χ3v) is 2.39. The van der Waals surface area contributed by atoms with Crippen molar-refractivity contribution in [1.29, 1.82) is 0 Å². The summed E-state index contributed by atoms with van der Waals surface area (Å²) in [5.74, 6) is 5.68. The van der Waals surface area contributed by atoms with Crippen LogP contribution in [0, 0.1) is 11.8 Å². The average molecular weight is 316 g/mol. The fourth-order valence-corrected chi connectivity index (χ4v) is 1.52. The molecule has 0 atom stereocenters. The Bertz CT molecular complexity index is 477. The van der Waals surface area contributed by atoms with E-state index in [9.17, 15) is 4.79 Å².